The molecule has 2 heterocycles. The first kappa shape index (κ1) is 22.0. The van der Waals surface area contributed by atoms with Crippen LogP contribution in [0.2, 0.25) is 0 Å². The molecule has 0 unspecified atom stereocenters. The molecule has 10 heteroatoms. The Balaban J connectivity index is 1.46. The van der Waals surface area contributed by atoms with Crippen LogP contribution < -0.4 is 4.72 Å². The maximum atomic E-state index is 13.3. The van der Waals surface area contributed by atoms with Gasteiger partial charge >= 0.3 is 0 Å². The highest BCUT2D eigenvalue weighted by molar-refractivity contribution is 7.89. The van der Waals surface area contributed by atoms with Gasteiger partial charge in [-0.1, -0.05) is 0 Å². The highest BCUT2D eigenvalue weighted by Crippen LogP contribution is 2.36. The number of aliphatic hydroxyl groups excluding tert-OH is 1. The molecule has 1 aromatic carbocycles. The smallest absolute Gasteiger partial charge is 0.248 e. The molecule has 1 saturated carbocycles. The maximum Gasteiger partial charge on any atom is 0.248 e. The summed E-state index contributed by atoms with van der Waals surface area (Å²) in [6.45, 7) is 2.70. The van der Waals surface area contributed by atoms with E-state index >= 15 is 0 Å². The minimum Gasteiger partial charge on any atom is -0.395 e. The Hall–Kier alpha value is -1.20. The van der Waals surface area contributed by atoms with Gasteiger partial charge in [-0.25, -0.2) is 26.9 Å². The van der Waals surface area contributed by atoms with Gasteiger partial charge in [-0.05, 0) is 57.0 Å². The number of halogens is 2. The number of benzene rings is 1. The van der Waals surface area contributed by atoms with Gasteiger partial charge in [0, 0.05) is 31.3 Å². The van der Waals surface area contributed by atoms with E-state index in [1.165, 1.54) is 17.4 Å². The predicted octanol–water partition coefficient (Wildman–Crippen LogP) is 3.32. The second-order valence-electron chi connectivity index (χ2n) is 8.27. The van der Waals surface area contributed by atoms with Crippen LogP contribution in [0.3, 0.4) is 0 Å². The summed E-state index contributed by atoms with van der Waals surface area (Å²) in [6.07, 6.45) is 1.67. The van der Waals surface area contributed by atoms with E-state index < -0.39 is 22.0 Å². The summed E-state index contributed by atoms with van der Waals surface area (Å²) in [5.74, 6) is -2.34. The lowest BCUT2D eigenvalue weighted by atomic mass is 9.93. The fraction of sp³-hybridized carbons (Fsp3) is 0.650. The molecule has 0 radical (unpaired) electrons. The molecule has 1 saturated heterocycles. The van der Waals surface area contributed by atoms with E-state index in [0.717, 1.165) is 41.2 Å². The van der Waals surface area contributed by atoms with Crippen molar-refractivity contribution in [2.75, 3.05) is 26.2 Å². The number of aromatic nitrogens is 1. The Morgan fingerprint density at radius 2 is 1.90 bits per heavy atom. The molecule has 0 atom stereocenters. The van der Waals surface area contributed by atoms with Crippen LogP contribution in [-0.4, -0.2) is 61.6 Å². The monoisotopic (exact) mass is 459 g/mol. The van der Waals surface area contributed by atoms with Gasteiger partial charge in [-0.2, -0.15) is 0 Å². The summed E-state index contributed by atoms with van der Waals surface area (Å²) in [7, 11) is -3.76. The molecule has 1 aromatic heterocycles. The van der Waals surface area contributed by atoms with E-state index in [1.807, 2.05) is 0 Å². The van der Waals surface area contributed by atoms with Crippen LogP contribution in [0.1, 0.15) is 49.5 Å². The van der Waals surface area contributed by atoms with Gasteiger partial charge < -0.3 is 10.0 Å². The normalized spacial score (nSPS) is 22.0. The summed E-state index contributed by atoms with van der Waals surface area (Å²) in [5, 5.41) is 10.1. The second-order valence-corrected chi connectivity index (χ2v) is 11.0. The number of likely N-dealkylation sites (tertiary alicyclic amines) is 1. The van der Waals surface area contributed by atoms with E-state index in [9.17, 15) is 17.2 Å². The molecule has 6 nitrogen and oxygen atoms in total. The average Bonchev–Trinajstić information content (AvgIpc) is 3.14. The first-order chi connectivity index (χ1) is 14.3. The van der Waals surface area contributed by atoms with Crippen LogP contribution in [0.4, 0.5) is 8.78 Å². The number of thiazole rings is 1. The fourth-order valence-electron chi connectivity index (χ4n) is 4.25. The van der Waals surface area contributed by atoms with E-state index in [2.05, 4.69) is 9.62 Å². The Labute approximate surface area is 179 Å². The Bertz CT molecular complexity index is 978. The number of β-amino-alcohol motifs (C(OH)–C–C–N with tert-alkyl or cyclic N) is 1. The van der Waals surface area contributed by atoms with Gasteiger partial charge in [-0.15, -0.1) is 11.3 Å². The number of hydrogen-bond donors (Lipinski definition) is 2. The lowest BCUT2D eigenvalue weighted by Gasteiger charge is -2.30. The van der Waals surface area contributed by atoms with Gasteiger partial charge in [-0.3, -0.25) is 0 Å². The number of alkyl halides is 2. The molecule has 2 N–H and O–H groups in total. The number of fused-ring (bicyclic) bond motifs is 1. The molecule has 2 fully saturated rings. The summed E-state index contributed by atoms with van der Waals surface area (Å²) in [4.78, 5) is 7.10. The summed E-state index contributed by atoms with van der Waals surface area (Å²) < 4.78 is 55.6. The van der Waals surface area contributed by atoms with Crippen molar-refractivity contribution >= 4 is 31.6 Å². The van der Waals surface area contributed by atoms with Gasteiger partial charge in [0.25, 0.3) is 0 Å². The zero-order valence-corrected chi connectivity index (χ0v) is 18.3. The van der Waals surface area contributed by atoms with Crippen molar-refractivity contribution in [1.29, 1.82) is 0 Å². The fourth-order valence-corrected chi connectivity index (χ4v) is 6.84. The SMILES string of the molecule is O=S(=O)(NC1CCC(F)(F)CC1)c1ccc2nc(C3CCN(CCO)CC3)sc2c1. The number of rotatable bonds is 6. The quantitative estimate of drug-likeness (QED) is 0.693. The molecular formula is C20H27F2N3O3S2. The number of aliphatic hydroxyl groups is 1. The Morgan fingerprint density at radius 3 is 2.57 bits per heavy atom. The van der Waals surface area contributed by atoms with E-state index in [1.54, 1.807) is 12.1 Å². The Kier molecular flexibility index (Phi) is 6.41. The zero-order valence-electron chi connectivity index (χ0n) is 16.7. The summed E-state index contributed by atoms with van der Waals surface area (Å²) in [5.41, 5.74) is 0.782. The third kappa shape index (κ3) is 4.99. The van der Waals surface area contributed by atoms with E-state index in [0.29, 0.717) is 12.5 Å². The van der Waals surface area contributed by atoms with Crippen molar-refractivity contribution in [3.8, 4) is 0 Å². The van der Waals surface area contributed by atoms with Gasteiger partial charge in [0.1, 0.15) is 0 Å². The first-order valence-electron chi connectivity index (χ1n) is 10.4. The molecule has 2 aromatic rings. The second kappa shape index (κ2) is 8.74. The minimum atomic E-state index is -3.76. The highest BCUT2D eigenvalue weighted by atomic mass is 32.2. The van der Waals surface area contributed by atoms with Gasteiger partial charge in [0.2, 0.25) is 15.9 Å². The molecule has 166 valence electrons. The average molecular weight is 460 g/mol. The van der Waals surface area contributed by atoms with Crippen LogP contribution in [-0.2, 0) is 10.0 Å². The Morgan fingerprint density at radius 1 is 1.20 bits per heavy atom. The number of piperidine rings is 1. The van der Waals surface area contributed by atoms with Crippen molar-refractivity contribution < 1.29 is 22.3 Å². The molecule has 0 bridgehead atoms. The lowest BCUT2D eigenvalue weighted by molar-refractivity contribution is -0.0387. The van der Waals surface area contributed by atoms with Gasteiger partial charge in [0.05, 0.1) is 26.7 Å². The van der Waals surface area contributed by atoms with E-state index in [4.69, 9.17) is 10.1 Å². The lowest BCUT2D eigenvalue weighted by Crippen LogP contribution is -2.40. The number of nitrogens with zero attached hydrogens (tertiary/aromatic N) is 2. The summed E-state index contributed by atoms with van der Waals surface area (Å²) >= 11 is 1.52. The molecule has 1 aliphatic heterocycles. The molecule has 0 amide bonds. The molecule has 4 rings (SSSR count). The van der Waals surface area contributed by atoms with Crippen molar-refractivity contribution in [3.63, 3.8) is 0 Å². The molecule has 0 spiro atoms. The van der Waals surface area contributed by atoms with Crippen LogP contribution >= 0.6 is 11.3 Å². The predicted molar refractivity (Wildman–Crippen MR) is 113 cm³/mol. The molecule has 30 heavy (non-hydrogen) atoms. The van der Waals surface area contributed by atoms with Crippen LogP contribution in [0.25, 0.3) is 10.2 Å². The molecule has 1 aliphatic carbocycles. The van der Waals surface area contributed by atoms with Crippen molar-refractivity contribution in [1.82, 2.24) is 14.6 Å². The highest BCUT2D eigenvalue weighted by Gasteiger charge is 2.36. The van der Waals surface area contributed by atoms with Crippen LogP contribution in [0, 0.1) is 0 Å². The zero-order chi connectivity index (χ0) is 21.4. The summed E-state index contributed by atoms with van der Waals surface area (Å²) in [6, 6.07) is 4.44. The van der Waals surface area contributed by atoms with Crippen molar-refractivity contribution in [3.05, 3.63) is 23.2 Å². The standard InChI is InChI=1S/C20H27F2N3O3S2/c21-20(22)7-3-15(4-8-20)24-30(27,28)16-1-2-17-18(13-16)29-19(23-17)14-5-9-25(10-6-14)11-12-26/h1-2,13-15,24,26H,3-12H2. The topological polar surface area (TPSA) is 82.5 Å². The van der Waals surface area contributed by atoms with E-state index in [-0.39, 0.29) is 37.2 Å². The largest absolute Gasteiger partial charge is 0.395 e. The third-order valence-electron chi connectivity index (χ3n) is 6.08. The number of sulfonamides is 1. The van der Waals surface area contributed by atoms with Crippen molar-refractivity contribution in [2.24, 2.45) is 0 Å². The van der Waals surface area contributed by atoms with Crippen molar-refractivity contribution in [2.45, 2.75) is 61.3 Å². The molecular weight excluding hydrogens is 432 g/mol. The third-order valence-corrected chi connectivity index (χ3v) is 8.78. The van der Waals surface area contributed by atoms with Crippen LogP contribution in [0.5, 0.6) is 0 Å². The number of nitrogens with one attached hydrogen (secondary N) is 1. The molecule has 2 aliphatic rings. The maximum absolute atomic E-state index is 13.3. The number of hydrogen-bond acceptors (Lipinski definition) is 6. The first-order valence-corrected chi connectivity index (χ1v) is 12.7. The van der Waals surface area contributed by atoms with Crippen LogP contribution in [0.15, 0.2) is 23.1 Å². The van der Waals surface area contributed by atoms with Gasteiger partial charge in [0.15, 0.2) is 0 Å². The minimum absolute atomic E-state index is 0.147.